The number of hydrogen-bond acceptors (Lipinski definition) is 9. The molecule has 2 saturated heterocycles. The van der Waals surface area contributed by atoms with Crippen LogP contribution in [-0.2, 0) is 5.41 Å². The first kappa shape index (κ1) is 27.9. The van der Waals surface area contributed by atoms with E-state index in [1.807, 2.05) is 37.5 Å². The van der Waals surface area contributed by atoms with Gasteiger partial charge < -0.3 is 25.0 Å². The van der Waals surface area contributed by atoms with Crippen molar-refractivity contribution < 1.29 is 18.1 Å². The van der Waals surface area contributed by atoms with Gasteiger partial charge in [-0.1, -0.05) is 25.9 Å². The summed E-state index contributed by atoms with van der Waals surface area (Å²) in [5.41, 5.74) is 6.74. The number of piperidine rings is 1. The lowest BCUT2D eigenvalue weighted by atomic mass is 9.94. The van der Waals surface area contributed by atoms with Gasteiger partial charge in [-0.05, 0) is 43.5 Å². The van der Waals surface area contributed by atoms with Crippen molar-refractivity contribution in [3.8, 4) is 0 Å². The average molecular weight is 555 g/mol. The fourth-order valence-electron chi connectivity index (χ4n) is 5.47. The molecule has 1 amide bonds. The van der Waals surface area contributed by atoms with Gasteiger partial charge in [0.25, 0.3) is 5.91 Å². The molecule has 0 bridgehead atoms. The maximum Gasteiger partial charge on any atom is 0.324 e. The normalized spacial score (nSPS) is 20.3. The first-order valence-corrected chi connectivity index (χ1v) is 13.7. The molecule has 10 nitrogen and oxygen atoms in total. The summed E-state index contributed by atoms with van der Waals surface area (Å²) in [7, 11) is 0. The van der Waals surface area contributed by atoms with E-state index < -0.39 is 23.6 Å². The molecule has 1 aromatic carbocycles. The van der Waals surface area contributed by atoms with Crippen molar-refractivity contribution >= 4 is 17.9 Å². The smallest absolute Gasteiger partial charge is 0.324 e. The summed E-state index contributed by atoms with van der Waals surface area (Å²) in [4.78, 5) is 32.6. The molecular weight excluding hydrogens is 518 g/mol. The first-order valence-electron chi connectivity index (χ1n) is 13.7. The van der Waals surface area contributed by atoms with Crippen LogP contribution in [0.2, 0.25) is 0 Å². The van der Waals surface area contributed by atoms with Gasteiger partial charge >= 0.3 is 6.01 Å². The summed E-state index contributed by atoms with van der Waals surface area (Å²) >= 11 is 0. The van der Waals surface area contributed by atoms with Crippen molar-refractivity contribution in [1.82, 2.24) is 25.0 Å². The molecule has 5 rings (SSSR count). The van der Waals surface area contributed by atoms with E-state index in [0.717, 1.165) is 25.0 Å². The van der Waals surface area contributed by atoms with Crippen molar-refractivity contribution in [2.75, 3.05) is 42.5 Å². The molecule has 2 atom stereocenters. The SMILES string of the molecule is CCN(C(=O)c1cnc(N2C[C@H](c3cc(F)ccc3F)[C@@H](N)C2)nc1)C1CCN(c2nc(C(C)(C)C)no2)CC1. The highest BCUT2D eigenvalue weighted by atomic mass is 19.1. The van der Waals surface area contributed by atoms with E-state index in [2.05, 4.69) is 25.0 Å². The van der Waals surface area contributed by atoms with E-state index in [1.54, 1.807) is 0 Å². The summed E-state index contributed by atoms with van der Waals surface area (Å²) in [5, 5.41) is 4.12. The predicted octanol–water partition coefficient (Wildman–Crippen LogP) is 3.50. The van der Waals surface area contributed by atoms with Gasteiger partial charge in [0.05, 0.1) is 5.56 Å². The molecule has 0 radical (unpaired) electrons. The third-order valence-electron chi connectivity index (χ3n) is 7.75. The number of nitrogens with two attached hydrogens (primary N) is 1. The van der Waals surface area contributed by atoms with Crippen molar-refractivity contribution in [2.45, 2.75) is 64.0 Å². The van der Waals surface area contributed by atoms with E-state index in [9.17, 15) is 13.6 Å². The van der Waals surface area contributed by atoms with Crippen LogP contribution in [0, 0.1) is 11.6 Å². The zero-order chi connectivity index (χ0) is 28.6. The molecule has 3 aromatic rings. The third kappa shape index (κ3) is 5.63. The van der Waals surface area contributed by atoms with Crippen LogP contribution in [-0.4, -0.2) is 75.7 Å². The molecule has 2 aliphatic rings. The average Bonchev–Trinajstić information content (AvgIpc) is 3.59. The number of carbonyl (C=O) groups is 1. The first-order chi connectivity index (χ1) is 19.0. The minimum atomic E-state index is -0.503. The summed E-state index contributed by atoms with van der Waals surface area (Å²) < 4.78 is 33.6. The Morgan fingerprint density at radius 3 is 2.45 bits per heavy atom. The van der Waals surface area contributed by atoms with Crippen molar-refractivity contribution in [3.05, 3.63) is 59.2 Å². The Labute approximate surface area is 232 Å². The molecule has 12 heteroatoms. The Kier molecular flexibility index (Phi) is 7.72. The Morgan fingerprint density at radius 2 is 1.82 bits per heavy atom. The Bertz CT molecular complexity index is 1330. The molecular formula is C28H36F2N8O2. The zero-order valence-corrected chi connectivity index (χ0v) is 23.3. The Morgan fingerprint density at radius 1 is 1.12 bits per heavy atom. The van der Waals surface area contributed by atoms with Gasteiger partial charge in [-0.3, -0.25) is 4.79 Å². The van der Waals surface area contributed by atoms with E-state index in [1.165, 1.54) is 18.5 Å². The lowest BCUT2D eigenvalue weighted by Crippen LogP contribution is -2.47. The fourth-order valence-corrected chi connectivity index (χ4v) is 5.47. The number of halogens is 2. The molecule has 0 saturated carbocycles. The number of benzene rings is 1. The molecule has 2 fully saturated rings. The molecule has 4 heterocycles. The van der Waals surface area contributed by atoms with Crippen LogP contribution in [0.5, 0.6) is 0 Å². The topological polar surface area (TPSA) is 118 Å². The van der Waals surface area contributed by atoms with Crippen LogP contribution >= 0.6 is 0 Å². The molecule has 2 aromatic heterocycles. The lowest BCUT2D eigenvalue weighted by molar-refractivity contribution is 0.0661. The second kappa shape index (κ2) is 11.1. The summed E-state index contributed by atoms with van der Waals surface area (Å²) in [6, 6.07) is 3.59. The maximum absolute atomic E-state index is 14.4. The van der Waals surface area contributed by atoms with Crippen molar-refractivity contribution in [3.63, 3.8) is 0 Å². The number of amides is 1. The second-order valence-electron chi connectivity index (χ2n) is 11.6. The molecule has 2 aliphatic heterocycles. The zero-order valence-electron chi connectivity index (χ0n) is 23.3. The highest BCUT2D eigenvalue weighted by Crippen LogP contribution is 2.31. The minimum Gasteiger partial charge on any atom is -0.339 e. The minimum absolute atomic E-state index is 0.0666. The molecule has 214 valence electrons. The van der Waals surface area contributed by atoms with Gasteiger partial charge in [0.1, 0.15) is 11.6 Å². The quantitative estimate of drug-likeness (QED) is 0.489. The van der Waals surface area contributed by atoms with Gasteiger partial charge in [0, 0.05) is 68.5 Å². The lowest BCUT2D eigenvalue weighted by Gasteiger charge is -2.37. The van der Waals surface area contributed by atoms with Crippen LogP contribution in [0.1, 0.15) is 68.2 Å². The maximum atomic E-state index is 14.4. The third-order valence-corrected chi connectivity index (χ3v) is 7.75. The van der Waals surface area contributed by atoms with E-state index >= 15 is 0 Å². The van der Waals surface area contributed by atoms with E-state index in [4.69, 9.17) is 10.3 Å². The number of anilines is 2. The van der Waals surface area contributed by atoms with E-state index in [-0.39, 0.29) is 22.9 Å². The van der Waals surface area contributed by atoms with Crippen molar-refractivity contribution in [1.29, 1.82) is 0 Å². The predicted molar refractivity (Wildman–Crippen MR) is 146 cm³/mol. The van der Waals surface area contributed by atoms with Gasteiger partial charge in [-0.15, -0.1) is 0 Å². The van der Waals surface area contributed by atoms with Crippen LogP contribution < -0.4 is 15.5 Å². The molecule has 0 spiro atoms. The van der Waals surface area contributed by atoms with Gasteiger partial charge in [0.2, 0.25) is 5.95 Å². The highest BCUT2D eigenvalue weighted by Gasteiger charge is 2.35. The summed E-state index contributed by atoms with van der Waals surface area (Å²) in [5.74, 6) is -0.435. The summed E-state index contributed by atoms with van der Waals surface area (Å²) in [6.45, 7) is 10.8. The largest absolute Gasteiger partial charge is 0.339 e. The standard InChI is InChI=1S/C28H36F2N8O2/c1-5-38(19-8-10-36(11-9-19)27-34-25(35-40-27)28(2,3)4)24(39)17-13-32-26(33-14-17)37-15-21(23(31)16-37)20-12-18(29)6-7-22(20)30/h6-7,12-14,19,21,23H,5,8-11,15-16,31H2,1-4H3/t21-,23+/m1/s1. The van der Waals surface area contributed by atoms with Gasteiger partial charge in [-0.25, -0.2) is 18.7 Å². The molecule has 0 aliphatic carbocycles. The fraction of sp³-hybridized carbons (Fsp3) is 0.536. The number of rotatable bonds is 6. The number of carbonyl (C=O) groups excluding carboxylic acids is 1. The second-order valence-corrected chi connectivity index (χ2v) is 11.6. The van der Waals surface area contributed by atoms with E-state index in [0.29, 0.717) is 56.1 Å². The number of hydrogen-bond donors (Lipinski definition) is 1. The van der Waals surface area contributed by atoms with Gasteiger partial charge in [0.15, 0.2) is 5.82 Å². The molecule has 2 N–H and O–H groups in total. The number of nitrogens with zero attached hydrogens (tertiary/aromatic N) is 7. The van der Waals surface area contributed by atoms with Crippen LogP contribution in [0.25, 0.3) is 0 Å². The highest BCUT2D eigenvalue weighted by molar-refractivity contribution is 5.94. The monoisotopic (exact) mass is 554 g/mol. The summed E-state index contributed by atoms with van der Waals surface area (Å²) in [6.07, 6.45) is 4.60. The Hall–Kier alpha value is -3.67. The molecule has 40 heavy (non-hydrogen) atoms. The van der Waals surface area contributed by atoms with Crippen LogP contribution in [0.4, 0.5) is 20.7 Å². The van der Waals surface area contributed by atoms with Crippen molar-refractivity contribution in [2.24, 2.45) is 5.73 Å². The van der Waals surface area contributed by atoms with Crippen LogP contribution in [0.15, 0.2) is 35.1 Å². The van der Waals surface area contributed by atoms with Crippen LogP contribution in [0.3, 0.4) is 0 Å². The van der Waals surface area contributed by atoms with Gasteiger partial charge in [-0.2, -0.15) is 4.98 Å². The number of aromatic nitrogens is 4. The Balaban J connectivity index is 1.21. The molecule has 0 unspecified atom stereocenters.